The van der Waals surface area contributed by atoms with Gasteiger partial charge in [-0.3, -0.25) is 14.3 Å². The minimum absolute atomic E-state index is 0.0187. The number of amides is 1. The van der Waals surface area contributed by atoms with E-state index in [1.165, 1.54) is 18.0 Å². The van der Waals surface area contributed by atoms with E-state index in [1.54, 1.807) is 49.6 Å². The number of carbonyl (C=O) groups is 1. The maximum Gasteiger partial charge on any atom is 0.246 e. The number of ether oxygens (including phenoxy) is 2. The number of aromatic nitrogens is 2. The fourth-order valence-corrected chi connectivity index (χ4v) is 2.54. The van der Waals surface area contributed by atoms with Crippen molar-refractivity contribution in [2.45, 2.75) is 6.54 Å². The topological polar surface area (TPSA) is 82.5 Å². The number of anilines is 1. The molecule has 1 N–H and O–H groups in total. The largest absolute Gasteiger partial charge is 0.493 e. The predicted octanol–water partition coefficient (Wildman–Crippen LogP) is 2.05. The lowest BCUT2D eigenvalue weighted by molar-refractivity contribution is -0.116. The number of para-hydroxylation sites is 1. The van der Waals surface area contributed by atoms with Crippen LogP contribution in [0.5, 0.6) is 11.5 Å². The van der Waals surface area contributed by atoms with Crippen LogP contribution in [0.1, 0.15) is 0 Å². The Morgan fingerprint density at radius 3 is 2.64 bits per heavy atom. The highest BCUT2D eigenvalue weighted by Gasteiger charge is 2.10. The molecule has 128 valence electrons. The number of rotatable bonds is 5. The molecule has 0 saturated heterocycles. The summed E-state index contributed by atoms with van der Waals surface area (Å²) in [4.78, 5) is 24.2. The van der Waals surface area contributed by atoms with Gasteiger partial charge in [0.05, 0.1) is 25.9 Å². The second-order valence-electron chi connectivity index (χ2n) is 5.30. The average Bonchev–Trinajstić information content (AvgIpc) is 2.64. The van der Waals surface area contributed by atoms with Crippen LogP contribution in [0, 0.1) is 0 Å². The molecule has 0 aliphatic heterocycles. The average molecular weight is 339 g/mol. The van der Waals surface area contributed by atoms with Crippen LogP contribution in [0.3, 0.4) is 0 Å². The fraction of sp³-hybridized carbons (Fsp3) is 0.167. The number of methoxy groups -OCH3 is 2. The van der Waals surface area contributed by atoms with E-state index in [2.05, 4.69) is 10.4 Å². The van der Waals surface area contributed by atoms with Crippen LogP contribution in [-0.2, 0) is 11.3 Å². The molecule has 7 heteroatoms. The van der Waals surface area contributed by atoms with Crippen molar-refractivity contribution in [1.82, 2.24) is 9.78 Å². The first-order valence-corrected chi connectivity index (χ1v) is 7.59. The summed E-state index contributed by atoms with van der Waals surface area (Å²) in [6, 6.07) is 12.1. The summed E-state index contributed by atoms with van der Waals surface area (Å²) in [6.45, 7) is -0.0187. The van der Waals surface area contributed by atoms with Crippen LogP contribution >= 0.6 is 0 Å². The normalized spacial score (nSPS) is 10.5. The Morgan fingerprint density at radius 1 is 1.12 bits per heavy atom. The minimum Gasteiger partial charge on any atom is -0.493 e. The van der Waals surface area contributed by atoms with Gasteiger partial charge in [-0.1, -0.05) is 12.1 Å². The fourth-order valence-electron chi connectivity index (χ4n) is 2.54. The van der Waals surface area contributed by atoms with Gasteiger partial charge in [0, 0.05) is 17.1 Å². The lowest BCUT2D eigenvalue weighted by Crippen LogP contribution is -2.22. The molecule has 7 nitrogen and oxygen atoms in total. The van der Waals surface area contributed by atoms with E-state index in [4.69, 9.17) is 9.47 Å². The van der Waals surface area contributed by atoms with Crippen molar-refractivity contribution in [2.24, 2.45) is 0 Å². The van der Waals surface area contributed by atoms with Crippen LogP contribution in [0.2, 0.25) is 0 Å². The Bertz CT molecular complexity index is 981. The maximum atomic E-state index is 12.3. The van der Waals surface area contributed by atoms with Gasteiger partial charge in [-0.15, -0.1) is 0 Å². The van der Waals surface area contributed by atoms with Crippen molar-refractivity contribution < 1.29 is 14.3 Å². The molecule has 3 rings (SSSR count). The van der Waals surface area contributed by atoms with Crippen LogP contribution in [0.4, 0.5) is 5.69 Å². The van der Waals surface area contributed by atoms with Crippen LogP contribution < -0.4 is 20.2 Å². The lowest BCUT2D eigenvalue weighted by atomic mass is 10.2. The second kappa shape index (κ2) is 7.04. The molecular formula is C18H17N3O4. The van der Waals surface area contributed by atoms with E-state index in [-0.39, 0.29) is 17.9 Å². The predicted molar refractivity (Wildman–Crippen MR) is 94.2 cm³/mol. The van der Waals surface area contributed by atoms with Crippen molar-refractivity contribution in [3.8, 4) is 11.5 Å². The Kier molecular flexibility index (Phi) is 4.65. The zero-order valence-corrected chi connectivity index (χ0v) is 13.9. The van der Waals surface area contributed by atoms with E-state index < -0.39 is 0 Å². The highest BCUT2D eigenvalue weighted by atomic mass is 16.5. The molecule has 0 aliphatic rings. The molecular weight excluding hydrogens is 322 g/mol. The molecule has 1 amide bonds. The van der Waals surface area contributed by atoms with Gasteiger partial charge >= 0.3 is 0 Å². The van der Waals surface area contributed by atoms with Gasteiger partial charge in [0.2, 0.25) is 11.3 Å². The van der Waals surface area contributed by atoms with E-state index in [0.29, 0.717) is 28.1 Å². The van der Waals surface area contributed by atoms with Gasteiger partial charge in [-0.2, -0.15) is 5.10 Å². The summed E-state index contributed by atoms with van der Waals surface area (Å²) in [6.07, 6.45) is 1.21. The third kappa shape index (κ3) is 3.45. The summed E-state index contributed by atoms with van der Waals surface area (Å²) in [5.74, 6) is 0.828. The Hall–Kier alpha value is -3.35. The van der Waals surface area contributed by atoms with Crippen molar-refractivity contribution in [3.63, 3.8) is 0 Å². The van der Waals surface area contributed by atoms with Gasteiger partial charge in [0.1, 0.15) is 6.54 Å². The third-order valence-electron chi connectivity index (χ3n) is 3.72. The number of nitrogens with zero attached hydrogens (tertiary/aromatic N) is 2. The van der Waals surface area contributed by atoms with Gasteiger partial charge in [-0.25, -0.2) is 0 Å². The number of fused-ring (bicyclic) bond motifs is 1. The summed E-state index contributed by atoms with van der Waals surface area (Å²) >= 11 is 0. The quantitative estimate of drug-likeness (QED) is 0.769. The van der Waals surface area contributed by atoms with Crippen LogP contribution in [0.25, 0.3) is 10.9 Å². The second-order valence-corrected chi connectivity index (χ2v) is 5.30. The van der Waals surface area contributed by atoms with Crippen LogP contribution in [0.15, 0.2) is 53.5 Å². The van der Waals surface area contributed by atoms with Crippen molar-refractivity contribution in [1.29, 1.82) is 0 Å². The number of benzene rings is 2. The Labute approximate surface area is 143 Å². The zero-order valence-electron chi connectivity index (χ0n) is 13.9. The Balaban J connectivity index is 1.82. The highest BCUT2D eigenvalue weighted by molar-refractivity contribution is 5.92. The maximum absolute atomic E-state index is 12.3. The molecule has 0 bridgehead atoms. The number of nitrogens with one attached hydrogen (secondary N) is 1. The van der Waals surface area contributed by atoms with Crippen molar-refractivity contribution in [2.75, 3.05) is 19.5 Å². The first-order chi connectivity index (χ1) is 12.1. The molecule has 0 fully saturated rings. The lowest BCUT2D eigenvalue weighted by Gasteiger charge is -2.12. The first-order valence-electron chi connectivity index (χ1n) is 7.59. The molecule has 0 atom stereocenters. The van der Waals surface area contributed by atoms with Gasteiger partial charge in [-0.05, 0) is 24.3 Å². The third-order valence-corrected chi connectivity index (χ3v) is 3.72. The van der Waals surface area contributed by atoms with Gasteiger partial charge < -0.3 is 14.8 Å². The Morgan fingerprint density at radius 2 is 1.88 bits per heavy atom. The zero-order chi connectivity index (χ0) is 17.8. The molecule has 1 heterocycles. The molecule has 3 aromatic rings. The SMILES string of the molecule is COc1ccc(NC(=O)Cn2ncc(=O)c3ccccc32)cc1OC. The van der Waals surface area contributed by atoms with Gasteiger partial charge in [0.15, 0.2) is 11.5 Å². The first kappa shape index (κ1) is 16.5. The molecule has 1 aromatic heterocycles. The summed E-state index contributed by atoms with van der Waals surface area (Å²) < 4.78 is 11.9. The number of hydrogen-bond acceptors (Lipinski definition) is 5. The smallest absolute Gasteiger partial charge is 0.246 e. The van der Waals surface area contributed by atoms with Crippen molar-refractivity contribution in [3.05, 3.63) is 58.9 Å². The van der Waals surface area contributed by atoms with E-state index in [1.807, 2.05) is 0 Å². The molecule has 0 saturated carbocycles. The van der Waals surface area contributed by atoms with E-state index >= 15 is 0 Å². The van der Waals surface area contributed by atoms with E-state index in [0.717, 1.165) is 0 Å². The van der Waals surface area contributed by atoms with Gasteiger partial charge in [0.25, 0.3) is 0 Å². The van der Waals surface area contributed by atoms with Crippen LogP contribution in [-0.4, -0.2) is 29.9 Å². The summed E-state index contributed by atoms with van der Waals surface area (Å²) in [5.41, 5.74) is 1.01. The summed E-state index contributed by atoms with van der Waals surface area (Å²) in [5, 5.41) is 7.35. The standard InChI is InChI=1S/C18H17N3O4/c1-24-16-8-7-12(9-17(16)25-2)20-18(23)11-21-14-6-4-3-5-13(14)15(22)10-19-21/h3-10H,11H2,1-2H3,(H,20,23). The minimum atomic E-state index is -0.270. The van der Waals surface area contributed by atoms with E-state index in [9.17, 15) is 9.59 Å². The highest BCUT2D eigenvalue weighted by Crippen LogP contribution is 2.29. The molecule has 0 unspecified atom stereocenters. The van der Waals surface area contributed by atoms with Crippen molar-refractivity contribution >= 4 is 22.5 Å². The molecule has 25 heavy (non-hydrogen) atoms. The summed E-state index contributed by atoms with van der Waals surface area (Å²) in [7, 11) is 3.07. The monoisotopic (exact) mass is 339 g/mol. The molecule has 0 radical (unpaired) electrons. The molecule has 2 aromatic carbocycles. The molecule has 0 aliphatic carbocycles. The number of carbonyl (C=O) groups excluding carboxylic acids is 1. The molecule has 0 spiro atoms. The number of hydrogen-bond donors (Lipinski definition) is 1.